The van der Waals surface area contributed by atoms with Gasteiger partial charge in [0, 0.05) is 11.9 Å². The molecule has 2 unspecified atom stereocenters. The minimum atomic E-state index is 0.418. The Morgan fingerprint density at radius 1 is 1.20 bits per heavy atom. The SMILES string of the molecule is CCCCCCCN1CCC(Cl)C(C)C1. The predicted molar refractivity (Wildman–Crippen MR) is 68.6 cm³/mol. The molecule has 0 aromatic rings. The van der Waals surface area contributed by atoms with Crippen molar-refractivity contribution in [1.82, 2.24) is 4.90 Å². The summed E-state index contributed by atoms with van der Waals surface area (Å²) in [5.41, 5.74) is 0. The van der Waals surface area contributed by atoms with Crippen LogP contribution < -0.4 is 0 Å². The highest BCUT2D eigenvalue weighted by Crippen LogP contribution is 2.21. The molecule has 0 aromatic heterocycles. The first-order chi connectivity index (χ1) is 7.24. The molecule has 1 rings (SSSR count). The Morgan fingerprint density at radius 3 is 2.60 bits per heavy atom. The monoisotopic (exact) mass is 231 g/mol. The molecule has 0 radical (unpaired) electrons. The molecule has 0 bridgehead atoms. The van der Waals surface area contributed by atoms with Crippen molar-refractivity contribution >= 4 is 11.6 Å². The fourth-order valence-electron chi connectivity index (χ4n) is 2.35. The largest absolute Gasteiger partial charge is 0.303 e. The average molecular weight is 232 g/mol. The van der Waals surface area contributed by atoms with Crippen molar-refractivity contribution in [2.45, 2.75) is 57.7 Å². The fraction of sp³-hybridized carbons (Fsp3) is 1.00. The minimum absolute atomic E-state index is 0.418. The van der Waals surface area contributed by atoms with Gasteiger partial charge in [0.25, 0.3) is 0 Å². The first-order valence-electron chi connectivity index (χ1n) is 6.60. The zero-order valence-electron chi connectivity index (χ0n) is 10.3. The van der Waals surface area contributed by atoms with Crippen LogP contribution in [0, 0.1) is 5.92 Å². The molecule has 1 aliphatic heterocycles. The number of halogens is 1. The summed E-state index contributed by atoms with van der Waals surface area (Å²) >= 11 is 6.21. The molecular formula is C13H26ClN. The van der Waals surface area contributed by atoms with Crippen molar-refractivity contribution in [3.63, 3.8) is 0 Å². The third-order valence-electron chi connectivity index (χ3n) is 3.46. The molecule has 2 heteroatoms. The van der Waals surface area contributed by atoms with E-state index in [9.17, 15) is 0 Å². The molecule has 0 aliphatic carbocycles. The average Bonchev–Trinajstić information content (AvgIpc) is 2.23. The Morgan fingerprint density at radius 2 is 1.93 bits per heavy atom. The highest BCUT2D eigenvalue weighted by molar-refractivity contribution is 6.20. The molecule has 1 nitrogen and oxygen atoms in total. The van der Waals surface area contributed by atoms with Crippen LogP contribution in [0.4, 0.5) is 0 Å². The molecular weight excluding hydrogens is 206 g/mol. The van der Waals surface area contributed by atoms with E-state index < -0.39 is 0 Å². The van der Waals surface area contributed by atoms with Crippen molar-refractivity contribution in [2.75, 3.05) is 19.6 Å². The maximum atomic E-state index is 6.21. The van der Waals surface area contributed by atoms with Crippen LogP contribution in [-0.4, -0.2) is 29.9 Å². The Balaban J connectivity index is 2.02. The van der Waals surface area contributed by atoms with Crippen LogP contribution in [0.5, 0.6) is 0 Å². The van der Waals surface area contributed by atoms with Crippen molar-refractivity contribution < 1.29 is 0 Å². The lowest BCUT2D eigenvalue weighted by atomic mass is 9.99. The summed E-state index contributed by atoms with van der Waals surface area (Å²) < 4.78 is 0. The van der Waals surface area contributed by atoms with E-state index in [4.69, 9.17) is 11.6 Å². The van der Waals surface area contributed by atoms with E-state index in [-0.39, 0.29) is 0 Å². The van der Waals surface area contributed by atoms with Crippen LogP contribution in [0.15, 0.2) is 0 Å². The molecule has 0 aromatic carbocycles. The molecule has 1 saturated heterocycles. The van der Waals surface area contributed by atoms with Gasteiger partial charge in [0.15, 0.2) is 0 Å². The van der Waals surface area contributed by atoms with E-state index in [2.05, 4.69) is 18.7 Å². The summed E-state index contributed by atoms with van der Waals surface area (Å²) in [4.78, 5) is 2.59. The van der Waals surface area contributed by atoms with Crippen LogP contribution >= 0.6 is 11.6 Å². The summed E-state index contributed by atoms with van der Waals surface area (Å²) in [6.07, 6.45) is 8.12. The number of unbranched alkanes of at least 4 members (excludes halogenated alkanes) is 4. The summed E-state index contributed by atoms with van der Waals surface area (Å²) in [5.74, 6) is 0.677. The van der Waals surface area contributed by atoms with Gasteiger partial charge in [-0.05, 0) is 31.8 Å². The topological polar surface area (TPSA) is 3.24 Å². The smallest absolute Gasteiger partial charge is 0.0386 e. The molecule has 90 valence electrons. The van der Waals surface area contributed by atoms with Crippen molar-refractivity contribution in [3.8, 4) is 0 Å². The Labute approximate surface area is 100 Å². The van der Waals surface area contributed by atoms with E-state index in [1.54, 1.807) is 0 Å². The standard InChI is InChI=1S/C13H26ClN/c1-3-4-5-6-7-9-15-10-8-13(14)12(2)11-15/h12-13H,3-11H2,1-2H3. The minimum Gasteiger partial charge on any atom is -0.303 e. The lowest BCUT2D eigenvalue weighted by Crippen LogP contribution is -2.40. The van der Waals surface area contributed by atoms with Crippen LogP contribution in [0.2, 0.25) is 0 Å². The number of likely N-dealkylation sites (tertiary alicyclic amines) is 1. The number of hydrogen-bond donors (Lipinski definition) is 0. The molecule has 0 N–H and O–H groups in total. The summed E-state index contributed by atoms with van der Waals surface area (Å²) in [7, 11) is 0. The van der Waals surface area contributed by atoms with Gasteiger partial charge >= 0.3 is 0 Å². The van der Waals surface area contributed by atoms with Gasteiger partial charge in [0.2, 0.25) is 0 Å². The predicted octanol–water partition coefficient (Wildman–Crippen LogP) is 3.91. The van der Waals surface area contributed by atoms with Gasteiger partial charge in [-0.2, -0.15) is 0 Å². The van der Waals surface area contributed by atoms with Crippen LogP contribution in [0.1, 0.15) is 52.4 Å². The Kier molecular flexibility index (Phi) is 6.67. The van der Waals surface area contributed by atoms with Gasteiger partial charge in [0.1, 0.15) is 0 Å². The molecule has 0 saturated carbocycles. The highest BCUT2D eigenvalue weighted by Gasteiger charge is 2.23. The Hall–Kier alpha value is 0.250. The van der Waals surface area contributed by atoms with E-state index in [1.165, 1.54) is 58.2 Å². The van der Waals surface area contributed by atoms with E-state index in [0.29, 0.717) is 11.3 Å². The molecule has 2 atom stereocenters. The second-order valence-corrected chi connectivity index (χ2v) is 5.56. The summed E-state index contributed by atoms with van der Waals surface area (Å²) in [5, 5.41) is 0.418. The van der Waals surface area contributed by atoms with Crippen LogP contribution in [-0.2, 0) is 0 Å². The van der Waals surface area contributed by atoms with Gasteiger partial charge in [-0.3, -0.25) is 0 Å². The maximum Gasteiger partial charge on any atom is 0.0386 e. The molecule has 1 aliphatic rings. The summed E-state index contributed by atoms with van der Waals surface area (Å²) in [6.45, 7) is 8.26. The number of nitrogens with zero attached hydrogens (tertiary/aromatic N) is 1. The third kappa shape index (κ3) is 5.21. The first-order valence-corrected chi connectivity index (χ1v) is 7.04. The van der Waals surface area contributed by atoms with Gasteiger partial charge < -0.3 is 4.90 Å². The zero-order chi connectivity index (χ0) is 11.1. The fourth-order valence-corrected chi connectivity index (χ4v) is 2.52. The Bertz CT molecular complexity index is 161. The van der Waals surface area contributed by atoms with Gasteiger partial charge in [-0.1, -0.05) is 39.5 Å². The van der Waals surface area contributed by atoms with Crippen LogP contribution in [0.25, 0.3) is 0 Å². The molecule has 1 heterocycles. The van der Waals surface area contributed by atoms with Crippen molar-refractivity contribution in [2.24, 2.45) is 5.92 Å². The summed E-state index contributed by atoms with van der Waals surface area (Å²) in [6, 6.07) is 0. The van der Waals surface area contributed by atoms with Crippen molar-refractivity contribution in [1.29, 1.82) is 0 Å². The molecule has 0 amide bonds. The number of hydrogen-bond acceptors (Lipinski definition) is 1. The molecule has 0 spiro atoms. The lowest BCUT2D eigenvalue weighted by Gasteiger charge is -2.34. The zero-order valence-corrected chi connectivity index (χ0v) is 11.1. The number of alkyl halides is 1. The third-order valence-corrected chi connectivity index (χ3v) is 4.11. The second kappa shape index (κ2) is 7.51. The van der Waals surface area contributed by atoms with E-state index in [0.717, 1.165) is 0 Å². The van der Waals surface area contributed by atoms with Gasteiger partial charge in [-0.15, -0.1) is 11.6 Å². The maximum absolute atomic E-state index is 6.21. The normalized spacial score (nSPS) is 28.2. The quantitative estimate of drug-likeness (QED) is 0.495. The number of piperidine rings is 1. The van der Waals surface area contributed by atoms with E-state index >= 15 is 0 Å². The van der Waals surface area contributed by atoms with Gasteiger partial charge in [-0.25, -0.2) is 0 Å². The van der Waals surface area contributed by atoms with Crippen LogP contribution in [0.3, 0.4) is 0 Å². The molecule has 15 heavy (non-hydrogen) atoms. The molecule has 1 fully saturated rings. The number of rotatable bonds is 6. The van der Waals surface area contributed by atoms with E-state index in [1.807, 2.05) is 0 Å². The lowest BCUT2D eigenvalue weighted by molar-refractivity contribution is 0.184. The van der Waals surface area contributed by atoms with Crippen molar-refractivity contribution in [3.05, 3.63) is 0 Å². The highest BCUT2D eigenvalue weighted by atomic mass is 35.5. The second-order valence-electron chi connectivity index (χ2n) is 5.00. The first kappa shape index (κ1) is 13.3. The van der Waals surface area contributed by atoms with Gasteiger partial charge in [0.05, 0.1) is 0 Å².